The van der Waals surface area contributed by atoms with E-state index in [0.717, 1.165) is 19.4 Å². The Morgan fingerprint density at radius 2 is 2.22 bits per heavy atom. The number of fused-ring (bicyclic) bond motifs is 1. The Hall–Kier alpha value is -1.35. The quantitative estimate of drug-likeness (QED) is 0.857. The van der Waals surface area contributed by atoms with Crippen LogP contribution < -0.4 is 5.73 Å². The fourth-order valence-electron chi connectivity index (χ4n) is 3.30. The third-order valence-electron chi connectivity index (χ3n) is 4.43. The van der Waals surface area contributed by atoms with Gasteiger partial charge in [0.2, 0.25) is 5.91 Å². The van der Waals surface area contributed by atoms with E-state index in [-0.39, 0.29) is 5.92 Å². The first-order chi connectivity index (χ1) is 8.70. The molecule has 1 saturated heterocycles. The predicted octanol–water partition coefficient (Wildman–Crippen LogP) is 1.52. The van der Waals surface area contributed by atoms with Crippen LogP contribution in [0.25, 0.3) is 0 Å². The summed E-state index contributed by atoms with van der Waals surface area (Å²) in [5, 5.41) is 0. The van der Waals surface area contributed by atoms with Crippen molar-refractivity contribution < 1.29 is 4.79 Å². The monoisotopic (exact) mass is 244 g/mol. The minimum absolute atomic E-state index is 0.0974. The van der Waals surface area contributed by atoms with E-state index in [1.54, 1.807) is 0 Å². The fourth-order valence-corrected chi connectivity index (χ4v) is 3.30. The number of likely N-dealkylation sites (tertiary alicyclic amines) is 1. The molecular formula is C15H20N2O. The Balaban J connectivity index is 1.74. The average molecular weight is 244 g/mol. The molecule has 3 rings (SSSR count). The number of carbonyl (C=O) groups is 1. The lowest BCUT2D eigenvalue weighted by atomic mass is 9.77. The molecular weight excluding hydrogens is 224 g/mol. The van der Waals surface area contributed by atoms with Crippen LogP contribution in [0.3, 0.4) is 0 Å². The minimum Gasteiger partial charge on any atom is -0.339 e. The summed E-state index contributed by atoms with van der Waals surface area (Å²) in [5.41, 5.74) is 8.28. The summed E-state index contributed by atoms with van der Waals surface area (Å²) in [4.78, 5) is 14.6. The third kappa shape index (κ3) is 1.74. The van der Waals surface area contributed by atoms with E-state index >= 15 is 0 Å². The molecule has 0 aromatic heterocycles. The van der Waals surface area contributed by atoms with Crippen molar-refractivity contribution in [3.05, 3.63) is 35.4 Å². The van der Waals surface area contributed by atoms with Crippen molar-refractivity contribution in [2.75, 3.05) is 13.1 Å². The van der Waals surface area contributed by atoms with Crippen molar-refractivity contribution in [2.45, 2.75) is 31.7 Å². The summed E-state index contributed by atoms with van der Waals surface area (Å²) in [6.07, 6.45) is 1.96. The van der Waals surface area contributed by atoms with Crippen molar-refractivity contribution in [1.29, 1.82) is 0 Å². The molecule has 3 nitrogen and oxygen atoms in total. The second-order valence-corrected chi connectivity index (χ2v) is 5.63. The first-order valence-electron chi connectivity index (χ1n) is 6.79. The number of nitrogens with zero attached hydrogens (tertiary/aromatic N) is 1. The Labute approximate surface area is 108 Å². The van der Waals surface area contributed by atoms with E-state index in [0.29, 0.717) is 24.4 Å². The number of carbonyl (C=O) groups excluding carboxylic acids is 1. The fraction of sp³-hybridized carbons (Fsp3) is 0.533. The van der Waals surface area contributed by atoms with Crippen LogP contribution in [-0.4, -0.2) is 29.9 Å². The molecule has 1 aliphatic carbocycles. The van der Waals surface area contributed by atoms with Crippen molar-refractivity contribution in [2.24, 2.45) is 11.7 Å². The van der Waals surface area contributed by atoms with E-state index in [4.69, 9.17) is 5.73 Å². The summed E-state index contributed by atoms with van der Waals surface area (Å²) in [6, 6.07) is 8.62. The highest BCUT2D eigenvalue weighted by atomic mass is 16.2. The SMILES string of the molecule is CC1CC(CN)CN1C(=O)C1Cc2ccccc21. The van der Waals surface area contributed by atoms with Gasteiger partial charge in [-0.05, 0) is 43.4 Å². The number of hydrogen-bond donors (Lipinski definition) is 1. The van der Waals surface area contributed by atoms with E-state index in [9.17, 15) is 4.79 Å². The largest absolute Gasteiger partial charge is 0.339 e. The number of benzene rings is 1. The lowest BCUT2D eigenvalue weighted by molar-refractivity contribution is -0.134. The molecule has 1 fully saturated rings. The maximum Gasteiger partial charge on any atom is 0.230 e. The second-order valence-electron chi connectivity index (χ2n) is 5.63. The Kier molecular flexibility index (Phi) is 2.86. The molecule has 1 aliphatic heterocycles. The first-order valence-corrected chi connectivity index (χ1v) is 6.79. The van der Waals surface area contributed by atoms with E-state index in [1.807, 2.05) is 17.0 Å². The van der Waals surface area contributed by atoms with Gasteiger partial charge in [-0.1, -0.05) is 24.3 Å². The summed E-state index contributed by atoms with van der Waals surface area (Å²) in [7, 11) is 0. The molecule has 3 atom stereocenters. The maximum atomic E-state index is 12.5. The van der Waals surface area contributed by atoms with Gasteiger partial charge < -0.3 is 10.6 Å². The highest BCUT2D eigenvalue weighted by molar-refractivity contribution is 5.87. The van der Waals surface area contributed by atoms with Crippen LogP contribution in [0.2, 0.25) is 0 Å². The summed E-state index contributed by atoms with van der Waals surface area (Å²) < 4.78 is 0. The van der Waals surface area contributed by atoms with Gasteiger partial charge >= 0.3 is 0 Å². The number of hydrogen-bond acceptors (Lipinski definition) is 2. The molecule has 0 radical (unpaired) electrons. The molecule has 0 spiro atoms. The van der Waals surface area contributed by atoms with Crippen LogP contribution in [0, 0.1) is 5.92 Å². The van der Waals surface area contributed by atoms with Crippen molar-refractivity contribution in [1.82, 2.24) is 4.90 Å². The van der Waals surface area contributed by atoms with Crippen molar-refractivity contribution in [3.8, 4) is 0 Å². The van der Waals surface area contributed by atoms with Gasteiger partial charge in [0.1, 0.15) is 0 Å². The van der Waals surface area contributed by atoms with Crippen LogP contribution in [0.15, 0.2) is 24.3 Å². The number of amides is 1. The zero-order valence-corrected chi connectivity index (χ0v) is 10.8. The lowest BCUT2D eigenvalue weighted by Gasteiger charge is -2.34. The number of rotatable bonds is 2. The molecule has 1 heterocycles. The van der Waals surface area contributed by atoms with Gasteiger partial charge in [0.15, 0.2) is 0 Å². The predicted molar refractivity (Wildman–Crippen MR) is 71.2 cm³/mol. The first kappa shape index (κ1) is 11.7. The van der Waals surface area contributed by atoms with Gasteiger partial charge in [-0.2, -0.15) is 0 Å². The minimum atomic E-state index is 0.0974. The molecule has 2 aliphatic rings. The number of nitrogens with two attached hydrogens (primary N) is 1. The summed E-state index contributed by atoms with van der Waals surface area (Å²) in [5.74, 6) is 0.886. The van der Waals surface area contributed by atoms with Crippen LogP contribution in [0.1, 0.15) is 30.4 Å². The van der Waals surface area contributed by atoms with Crippen LogP contribution in [-0.2, 0) is 11.2 Å². The molecule has 0 bridgehead atoms. The summed E-state index contributed by atoms with van der Waals surface area (Å²) in [6.45, 7) is 3.67. The molecule has 1 aromatic rings. The maximum absolute atomic E-state index is 12.5. The Morgan fingerprint density at radius 3 is 2.89 bits per heavy atom. The van der Waals surface area contributed by atoms with Gasteiger partial charge in [-0.15, -0.1) is 0 Å². The van der Waals surface area contributed by atoms with Gasteiger partial charge in [-0.3, -0.25) is 4.79 Å². The Bertz CT molecular complexity index is 471. The average Bonchev–Trinajstić information content (AvgIpc) is 2.72. The van der Waals surface area contributed by atoms with Gasteiger partial charge in [-0.25, -0.2) is 0 Å². The molecule has 18 heavy (non-hydrogen) atoms. The smallest absolute Gasteiger partial charge is 0.230 e. The second kappa shape index (κ2) is 4.39. The van der Waals surface area contributed by atoms with Gasteiger partial charge in [0.25, 0.3) is 0 Å². The standard InChI is InChI=1S/C15H20N2O/c1-10-6-11(8-16)9-17(10)15(18)14-7-12-4-2-3-5-13(12)14/h2-5,10-11,14H,6-9,16H2,1H3. The molecule has 1 amide bonds. The molecule has 96 valence electrons. The molecule has 3 heteroatoms. The van der Waals surface area contributed by atoms with Crippen LogP contribution >= 0.6 is 0 Å². The molecule has 1 aromatic carbocycles. The highest BCUT2D eigenvalue weighted by Crippen LogP contribution is 2.38. The van der Waals surface area contributed by atoms with E-state index < -0.39 is 0 Å². The van der Waals surface area contributed by atoms with Crippen LogP contribution in [0.4, 0.5) is 0 Å². The lowest BCUT2D eigenvalue weighted by Crippen LogP contribution is -2.41. The summed E-state index contributed by atoms with van der Waals surface area (Å²) >= 11 is 0. The molecule has 0 saturated carbocycles. The van der Waals surface area contributed by atoms with Gasteiger partial charge in [0.05, 0.1) is 5.92 Å². The normalized spacial score (nSPS) is 29.9. The van der Waals surface area contributed by atoms with Crippen molar-refractivity contribution >= 4 is 5.91 Å². The van der Waals surface area contributed by atoms with Crippen LogP contribution in [0.5, 0.6) is 0 Å². The topological polar surface area (TPSA) is 46.3 Å². The zero-order chi connectivity index (χ0) is 12.7. The highest BCUT2D eigenvalue weighted by Gasteiger charge is 2.39. The zero-order valence-electron chi connectivity index (χ0n) is 10.8. The van der Waals surface area contributed by atoms with E-state index in [2.05, 4.69) is 19.1 Å². The Morgan fingerprint density at radius 1 is 1.44 bits per heavy atom. The van der Waals surface area contributed by atoms with Crippen molar-refractivity contribution in [3.63, 3.8) is 0 Å². The molecule has 3 unspecified atom stereocenters. The third-order valence-corrected chi connectivity index (χ3v) is 4.43. The molecule has 2 N–H and O–H groups in total. The van der Waals surface area contributed by atoms with E-state index in [1.165, 1.54) is 11.1 Å². The van der Waals surface area contributed by atoms with Gasteiger partial charge in [0, 0.05) is 12.6 Å².